The highest BCUT2D eigenvalue weighted by molar-refractivity contribution is 6.99. The zero-order valence-corrected chi connectivity index (χ0v) is 27.2. The van der Waals surface area contributed by atoms with Crippen LogP contribution in [0, 0.1) is 5.41 Å². The average molecular weight is 564 g/mol. The molecule has 1 aliphatic heterocycles. The number of benzene rings is 2. The maximum Gasteiger partial charge on any atom is 0.413 e. The van der Waals surface area contributed by atoms with Gasteiger partial charge in [-0.1, -0.05) is 108 Å². The van der Waals surface area contributed by atoms with Gasteiger partial charge in [-0.25, -0.2) is 4.79 Å². The highest BCUT2D eigenvalue weighted by Crippen LogP contribution is 2.43. The Labute approximate surface area is 243 Å². The molecule has 2 aromatic rings. The standard InChI is InChI=1S/C34H49NO4Si/c1-31(2,3)23-27-28(38-30(36)35-33(7,8)24-37-34(35,9)10)21-22-29(27)39-40(32(4,5)6,25-17-13-11-14-18-25)26-19-15-12-16-20-26/h11-20,23,28-29H,21-22,24H2,1-10H3/b27-23-/t28-,29-/m1/s1. The van der Waals surface area contributed by atoms with Gasteiger partial charge in [0, 0.05) is 0 Å². The summed E-state index contributed by atoms with van der Waals surface area (Å²) in [5, 5.41) is 2.36. The van der Waals surface area contributed by atoms with Crippen molar-refractivity contribution in [3.8, 4) is 0 Å². The van der Waals surface area contributed by atoms with Crippen LogP contribution in [-0.2, 0) is 13.9 Å². The van der Waals surface area contributed by atoms with Gasteiger partial charge in [0.2, 0.25) is 0 Å². The third kappa shape index (κ3) is 5.95. The highest BCUT2D eigenvalue weighted by atomic mass is 28.4. The van der Waals surface area contributed by atoms with Gasteiger partial charge < -0.3 is 13.9 Å². The molecule has 2 fully saturated rings. The lowest BCUT2D eigenvalue weighted by molar-refractivity contribution is -0.0558. The Morgan fingerprint density at radius 2 is 1.38 bits per heavy atom. The highest BCUT2D eigenvalue weighted by Gasteiger charge is 2.54. The number of amides is 1. The average Bonchev–Trinajstić information content (AvgIpc) is 3.31. The molecule has 0 spiro atoms. The molecule has 2 atom stereocenters. The van der Waals surface area contributed by atoms with Crippen molar-refractivity contribution in [1.82, 2.24) is 4.90 Å². The summed E-state index contributed by atoms with van der Waals surface area (Å²) in [6, 6.07) is 21.5. The maximum absolute atomic E-state index is 13.7. The molecule has 0 radical (unpaired) electrons. The third-order valence-corrected chi connectivity index (χ3v) is 13.2. The van der Waals surface area contributed by atoms with E-state index in [9.17, 15) is 4.79 Å². The number of rotatable bonds is 5. The Balaban J connectivity index is 1.75. The van der Waals surface area contributed by atoms with E-state index in [0.29, 0.717) is 6.61 Å². The first-order chi connectivity index (χ1) is 18.5. The minimum Gasteiger partial charge on any atom is -0.441 e. The summed E-state index contributed by atoms with van der Waals surface area (Å²) in [7, 11) is -2.78. The van der Waals surface area contributed by atoms with Crippen LogP contribution < -0.4 is 10.4 Å². The van der Waals surface area contributed by atoms with E-state index >= 15 is 0 Å². The van der Waals surface area contributed by atoms with Crippen LogP contribution in [0.25, 0.3) is 0 Å². The van der Waals surface area contributed by atoms with Crippen LogP contribution in [0.2, 0.25) is 5.04 Å². The normalized spacial score (nSPS) is 23.9. The first kappa shape index (κ1) is 30.5. The number of carbonyl (C=O) groups excluding carboxylic acids is 1. The lowest BCUT2D eigenvalue weighted by Gasteiger charge is -2.45. The molecule has 40 heavy (non-hydrogen) atoms. The van der Waals surface area contributed by atoms with Crippen molar-refractivity contribution in [2.24, 2.45) is 5.41 Å². The van der Waals surface area contributed by atoms with Gasteiger partial charge in [-0.05, 0) is 66.9 Å². The molecule has 0 aromatic heterocycles. The van der Waals surface area contributed by atoms with Gasteiger partial charge in [-0.3, -0.25) is 4.90 Å². The Hall–Kier alpha value is -2.41. The van der Waals surface area contributed by atoms with E-state index in [4.69, 9.17) is 13.9 Å². The van der Waals surface area contributed by atoms with Gasteiger partial charge in [0.05, 0.1) is 18.2 Å². The predicted octanol–water partition coefficient (Wildman–Crippen LogP) is 7.05. The van der Waals surface area contributed by atoms with Crippen LogP contribution >= 0.6 is 0 Å². The van der Waals surface area contributed by atoms with E-state index in [1.807, 2.05) is 27.7 Å². The molecule has 1 aliphatic carbocycles. The molecule has 5 nitrogen and oxygen atoms in total. The van der Waals surface area contributed by atoms with Crippen LogP contribution in [0.3, 0.4) is 0 Å². The first-order valence-electron chi connectivity index (χ1n) is 14.6. The summed E-state index contributed by atoms with van der Waals surface area (Å²) >= 11 is 0. The molecule has 1 saturated heterocycles. The number of ether oxygens (including phenoxy) is 2. The molecule has 1 amide bonds. The summed E-state index contributed by atoms with van der Waals surface area (Å²) in [5.41, 5.74) is -0.202. The smallest absolute Gasteiger partial charge is 0.413 e. The van der Waals surface area contributed by atoms with Crippen molar-refractivity contribution in [3.63, 3.8) is 0 Å². The molecule has 218 valence electrons. The van der Waals surface area contributed by atoms with Gasteiger partial charge >= 0.3 is 6.09 Å². The van der Waals surface area contributed by atoms with E-state index in [1.54, 1.807) is 4.90 Å². The van der Waals surface area contributed by atoms with Gasteiger partial charge in [0.1, 0.15) is 11.8 Å². The van der Waals surface area contributed by atoms with Gasteiger partial charge in [-0.2, -0.15) is 0 Å². The van der Waals surface area contributed by atoms with Crippen LogP contribution in [-0.4, -0.2) is 49.4 Å². The predicted molar refractivity (Wildman–Crippen MR) is 165 cm³/mol. The fourth-order valence-corrected chi connectivity index (χ4v) is 11.2. The molecule has 0 N–H and O–H groups in total. The van der Waals surface area contributed by atoms with Gasteiger partial charge in [-0.15, -0.1) is 0 Å². The van der Waals surface area contributed by atoms with Gasteiger partial charge in [0.25, 0.3) is 8.32 Å². The van der Waals surface area contributed by atoms with E-state index in [0.717, 1.165) is 18.4 Å². The van der Waals surface area contributed by atoms with E-state index in [2.05, 4.69) is 108 Å². The summed E-state index contributed by atoms with van der Waals surface area (Å²) < 4.78 is 19.9. The van der Waals surface area contributed by atoms with Crippen molar-refractivity contribution in [2.45, 2.75) is 111 Å². The number of allylic oxidation sites excluding steroid dienone is 1. The first-order valence-corrected chi connectivity index (χ1v) is 16.6. The minimum atomic E-state index is -2.78. The lowest BCUT2D eigenvalue weighted by atomic mass is 9.92. The second-order valence-corrected chi connectivity index (χ2v) is 18.9. The van der Waals surface area contributed by atoms with E-state index < -0.39 is 19.6 Å². The van der Waals surface area contributed by atoms with Crippen molar-refractivity contribution in [3.05, 3.63) is 72.3 Å². The van der Waals surface area contributed by atoms with Crippen molar-refractivity contribution >= 4 is 24.8 Å². The molecule has 6 heteroatoms. The molecule has 1 saturated carbocycles. The zero-order chi connectivity index (χ0) is 29.6. The summed E-state index contributed by atoms with van der Waals surface area (Å²) in [6.45, 7) is 21.9. The molecule has 2 aromatic carbocycles. The van der Waals surface area contributed by atoms with Crippen molar-refractivity contribution < 1.29 is 18.7 Å². The summed E-state index contributed by atoms with van der Waals surface area (Å²) in [6.07, 6.45) is 2.97. The lowest BCUT2D eigenvalue weighted by Crippen LogP contribution is -2.67. The molecule has 0 unspecified atom stereocenters. The molecular weight excluding hydrogens is 514 g/mol. The van der Waals surface area contributed by atoms with Crippen LogP contribution in [0.4, 0.5) is 4.79 Å². The Morgan fingerprint density at radius 3 is 1.80 bits per heavy atom. The molecular formula is C34H49NO4Si. The fourth-order valence-electron chi connectivity index (χ4n) is 6.54. The second kappa shape index (κ2) is 10.8. The largest absolute Gasteiger partial charge is 0.441 e. The number of nitrogens with zero attached hydrogens (tertiary/aromatic N) is 1. The summed E-state index contributed by atoms with van der Waals surface area (Å²) in [5.74, 6) is 0. The SMILES string of the molecule is CC(C)(C)/C=C1/[C@H](OC(=O)N2C(C)(C)COC2(C)C)CC[C@H]1O[Si](c1ccccc1)(c1ccccc1)C(C)(C)C. The van der Waals surface area contributed by atoms with Crippen LogP contribution in [0.15, 0.2) is 72.3 Å². The van der Waals surface area contributed by atoms with E-state index in [1.165, 1.54) is 10.4 Å². The molecule has 1 heterocycles. The second-order valence-electron chi connectivity index (χ2n) is 14.6. The van der Waals surface area contributed by atoms with Gasteiger partial charge in [0.15, 0.2) is 0 Å². The maximum atomic E-state index is 13.7. The molecule has 2 aliphatic rings. The van der Waals surface area contributed by atoms with Crippen LogP contribution in [0.5, 0.6) is 0 Å². The minimum absolute atomic E-state index is 0.104. The summed E-state index contributed by atoms with van der Waals surface area (Å²) in [4.78, 5) is 15.5. The van der Waals surface area contributed by atoms with Crippen molar-refractivity contribution in [1.29, 1.82) is 0 Å². The monoisotopic (exact) mass is 563 g/mol. The zero-order valence-electron chi connectivity index (χ0n) is 26.2. The molecule has 0 bridgehead atoms. The Kier molecular flexibility index (Phi) is 8.22. The third-order valence-electron chi connectivity index (χ3n) is 8.12. The van der Waals surface area contributed by atoms with Crippen LogP contribution in [0.1, 0.15) is 82.1 Å². The number of carbonyl (C=O) groups is 1. The topological polar surface area (TPSA) is 48.0 Å². The quantitative estimate of drug-likeness (QED) is 0.289. The number of hydrogen-bond donors (Lipinski definition) is 0. The molecule has 4 rings (SSSR count). The Bertz CT molecular complexity index is 1150. The van der Waals surface area contributed by atoms with Crippen molar-refractivity contribution in [2.75, 3.05) is 6.61 Å². The fraction of sp³-hybridized carbons (Fsp3) is 0.559. The number of hydrogen-bond acceptors (Lipinski definition) is 4. The Morgan fingerprint density at radius 1 is 0.875 bits per heavy atom. The van der Waals surface area contributed by atoms with E-state index in [-0.39, 0.29) is 28.8 Å².